The van der Waals surface area contributed by atoms with Crippen molar-refractivity contribution in [1.82, 2.24) is 4.98 Å². The normalized spacial score (nSPS) is 9.93. The number of ether oxygens (including phenoxy) is 1. The fourth-order valence-corrected chi connectivity index (χ4v) is 2.34. The van der Waals surface area contributed by atoms with E-state index in [1.807, 2.05) is 37.3 Å². The Morgan fingerprint density at radius 2 is 1.93 bits per heavy atom. The van der Waals surface area contributed by atoms with Crippen LogP contribution >= 0.6 is 0 Å². The Hall–Kier alpha value is -3.85. The van der Waals surface area contributed by atoms with Gasteiger partial charge in [-0.15, -0.1) is 0 Å². The summed E-state index contributed by atoms with van der Waals surface area (Å²) in [5.74, 6) is 0.789. The summed E-state index contributed by atoms with van der Waals surface area (Å²) in [4.78, 5) is 16.2. The van der Waals surface area contributed by atoms with E-state index in [0.29, 0.717) is 17.1 Å². The van der Waals surface area contributed by atoms with Gasteiger partial charge in [-0.25, -0.2) is 4.98 Å². The van der Waals surface area contributed by atoms with Gasteiger partial charge in [-0.1, -0.05) is 23.8 Å². The van der Waals surface area contributed by atoms with Gasteiger partial charge in [0.1, 0.15) is 11.6 Å². The van der Waals surface area contributed by atoms with Crippen LogP contribution in [0.4, 0.5) is 17.2 Å². The molecule has 134 valence electrons. The summed E-state index contributed by atoms with van der Waals surface area (Å²) in [6.07, 6.45) is 1.61. The number of aryl methyl sites for hydroxylation is 1. The van der Waals surface area contributed by atoms with Crippen molar-refractivity contribution in [3.63, 3.8) is 0 Å². The van der Waals surface area contributed by atoms with E-state index >= 15 is 0 Å². The highest BCUT2D eigenvalue weighted by Crippen LogP contribution is 2.18. The largest absolute Gasteiger partial charge is 0.484 e. The van der Waals surface area contributed by atoms with Gasteiger partial charge < -0.3 is 15.4 Å². The van der Waals surface area contributed by atoms with E-state index < -0.39 is 0 Å². The predicted octanol–water partition coefficient (Wildman–Crippen LogP) is 4.02. The number of benzene rings is 2. The highest BCUT2D eigenvalue weighted by atomic mass is 16.5. The first-order valence-corrected chi connectivity index (χ1v) is 8.35. The number of nitrogens with zero attached hydrogens (tertiary/aromatic N) is 2. The van der Waals surface area contributed by atoms with Crippen LogP contribution in [0.15, 0.2) is 66.9 Å². The zero-order valence-electron chi connectivity index (χ0n) is 14.8. The van der Waals surface area contributed by atoms with Crippen molar-refractivity contribution in [3.8, 4) is 11.8 Å². The maximum absolute atomic E-state index is 12.0. The van der Waals surface area contributed by atoms with E-state index in [1.165, 1.54) is 0 Å². The van der Waals surface area contributed by atoms with E-state index in [-0.39, 0.29) is 12.5 Å². The SMILES string of the molecule is Cc1ccc(OCC(=O)Nc2ccc(Nc3cccc(C#N)c3)cn2)cc1. The second kappa shape index (κ2) is 8.50. The number of rotatable bonds is 6. The average molecular weight is 358 g/mol. The number of hydrogen-bond donors (Lipinski definition) is 2. The molecule has 3 rings (SSSR count). The van der Waals surface area contributed by atoms with Crippen LogP contribution in [0, 0.1) is 18.3 Å². The molecule has 1 aromatic heterocycles. The summed E-state index contributed by atoms with van der Waals surface area (Å²) in [5, 5.41) is 14.8. The first-order valence-electron chi connectivity index (χ1n) is 8.35. The monoisotopic (exact) mass is 358 g/mol. The van der Waals surface area contributed by atoms with Gasteiger partial charge in [0.2, 0.25) is 0 Å². The quantitative estimate of drug-likeness (QED) is 0.695. The van der Waals surface area contributed by atoms with Crippen molar-refractivity contribution in [2.75, 3.05) is 17.2 Å². The molecule has 0 aliphatic rings. The molecule has 0 fully saturated rings. The lowest BCUT2D eigenvalue weighted by atomic mass is 10.2. The molecule has 0 saturated carbocycles. The predicted molar refractivity (Wildman–Crippen MR) is 104 cm³/mol. The Morgan fingerprint density at radius 1 is 1.11 bits per heavy atom. The number of nitrogens with one attached hydrogen (secondary N) is 2. The first-order chi connectivity index (χ1) is 13.1. The second-order valence-corrected chi connectivity index (χ2v) is 5.90. The highest BCUT2D eigenvalue weighted by molar-refractivity contribution is 5.91. The Labute approximate surface area is 157 Å². The molecule has 2 aromatic carbocycles. The van der Waals surface area contributed by atoms with Crippen molar-refractivity contribution in [2.45, 2.75) is 6.92 Å². The van der Waals surface area contributed by atoms with Gasteiger partial charge in [-0.05, 0) is 49.4 Å². The van der Waals surface area contributed by atoms with E-state index in [2.05, 4.69) is 21.7 Å². The van der Waals surface area contributed by atoms with Gasteiger partial charge in [0.05, 0.1) is 23.5 Å². The molecular weight excluding hydrogens is 340 g/mol. The Balaban J connectivity index is 1.53. The molecular formula is C21H18N4O2. The molecule has 0 radical (unpaired) electrons. The summed E-state index contributed by atoms with van der Waals surface area (Å²) in [5.41, 5.74) is 3.24. The Kier molecular flexibility index (Phi) is 5.65. The third-order valence-corrected chi connectivity index (χ3v) is 3.70. The maximum atomic E-state index is 12.0. The van der Waals surface area contributed by atoms with Crippen LogP contribution in [0.1, 0.15) is 11.1 Å². The fourth-order valence-electron chi connectivity index (χ4n) is 2.34. The number of carbonyl (C=O) groups is 1. The molecule has 0 aliphatic heterocycles. The van der Waals surface area contributed by atoms with Crippen LogP contribution in [0.25, 0.3) is 0 Å². The Bertz CT molecular complexity index is 961. The third-order valence-electron chi connectivity index (χ3n) is 3.70. The lowest BCUT2D eigenvalue weighted by molar-refractivity contribution is -0.118. The van der Waals surface area contributed by atoms with Crippen molar-refractivity contribution in [3.05, 3.63) is 78.0 Å². The summed E-state index contributed by atoms with van der Waals surface area (Å²) in [6, 6.07) is 20.2. The van der Waals surface area contributed by atoms with Crippen LogP contribution in [0.3, 0.4) is 0 Å². The van der Waals surface area contributed by atoms with Crippen LogP contribution in [0.5, 0.6) is 5.75 Å². The molecule has 3 aromatic rings. The minimum Gasteiger partial charge on any atom is -0.484 e. The molecule has 0 atom stereocenters. The number of hydrogen-bond acceptors (Lipinski definition) is 5. The maximum Gasteiger partial charge on any atom is 0.263 e. The number of pyridine rings is 1. The lowest BCUT2D eigenvalue weighted by Gasteiger charge is -2.09. The third kappa shape index (κ3) is 5.31. The minimum absolute atomic E-state index is 0.0916. The van der Waals surface area contributed by atoms with Gasteiger partial charge in [-0.3, -0.25) is 4.79 Å². The molecule has 6 nitrogen and oxygen atoms in total. The van der Waals surface area contributed by atoms with Crippen LogP contribution in [0.2, 0.25) is 0 Å². The molecule has 1 amide bonds. The van der Waals surface area contributed by atoms with Crippen LogP contribution < -0.4 is 15.4 Å². The first kappa shape index (κ1) is 18.0. The molecule has 0 bridgehead atoms. The molecule has 1 heterocycles. The fraction of sp³-hybridized carbons (Fsp3) is 0.0952. The molecule has 27 heavy (non-hydrogen) atoms. The van der Waals surface area contributed by atoms with Crippen molar-refractivity contribution in [2.24, 2.45) is 0 Å². The zero-order chi connectivity index (χ0) is 19.1. The molecule has 0 spiro atoms. The summed E-state index contributed by atoms with van der Waals surface area (Å²) in [6.45, 7) is 1.90. The number of nitriles is 1. The van der Waals surface area contributed by atoms with Gasteiger partial charge >= 0.3 is 0 Å². The summed E-state index contributed by atoms with van der Waals surface area (Å²) >= 11 is 0. The van der Waals surface area contributed by atoms with E-state index in [1.54, 1.807) is 36.5 Å². The minimum atomic E-state index is -0.287. The summed E-state index contributed by atoms with van der Waals surface area (Å²) < 4.78 is 5.44. The highest BCUT2D eigenvalue weighted by Gasteiger charge is 2.05. The molecule has 0 saturated heterocycles. The van der Waals surface area contributed by atoms with E-state index in [9.17, 15) is 4.79 Å². The van der Waals surface area contributed by atoms with Crippen LogP contribution in [-0.4, -0.2) is 17.5 Å². The smallest absolute Gasteiger partial charge is 0.263 e. The molecule has 2 N–H and O–H groups in total. The van der Waals surface area contributed by atoms with Crippen molar-refractivity contribution >= 4 is 23.1 Å². The molecule has 0 unspecified atom stereocenters. The molecule has 6 heteroatoms. The van der Waals surface area contributed by atoms with Gasteiger partial charge in [0.15, 0.2) is 6.61 Å². The van der Waals surface area contributed by atoms with E-state index in [0.717, 1.165) is 16.9 Å². The topological polar surface area (TPSA) is 87.0 Å². The molecule has 0 aliphatic carbocycles. The van der Waals surface area contributed by atoms with Gasteiger partial charge in [0, 0.05) is 5.69 Å². The van der Waals surface area contributed by atoms with E-state index in [4.69, 9.17) is 10.00 Å². The Morgan fingerprint density at radius 3 is 2.63 bits per heavy atom. The summed E-state index contributed by atoms with van der Waals surface area (Å²) in [7, 11) is 0. The average Bonchev–Trinajstić information content (AvgIpc) is 2.69. The van der Waals surface area contributed by atoms with Gasteiger partial charge in [0.25, 0.3) is 5.91 Å². The number of amides is 1. The number of anilines is 3. The standard InChI is InChI=1S/C21H18N4O2/c1-15-5-8-19(9-6-15)27-14-21(26)25-20-10-7-18(13-23-20)24-17-4-2-3-16(11-17)12-22/h2-11,13,24H,14H2,1H3,(H,23,25,26). The van der Waals surface area contributed by atoms with Gasteiger partial charge in [-0.2, -0.15) is 5.26 Å². The van der Waals surface area contributed by atoms with Crippen molar-refractivity contribution < 1.29 is 9.53 Å². The number of carbonyl (C=O) groups excluding carboxylic acids is 1. The second-order valence-electron chi connectivity index (χ2n) is 5.90. The van der Waals surface area contributed by atoms with Crippen molar-refractivity contribution in [1.29, 1.82) is 5.26 Å². The number of aromatic nitrogens is 1. The lowest BCUT2D eigenvalue weighted by Crippen LogP contribution is -2.20. The van der Waals surface area contributed by atoms with Crippen LogP contribution in [-0.2, 0) is 4.79 Å². The zero-order valence-corrected chi connectivity index (χ0v) is 14.8.